The van der Waals surface area contributed by atoms with Crippen LogP contribution in [0, 0.1) is 17.6 Å². The van der Waals surface area contributed by atoms with E-state index in [0.29, 0.717) is 18.7 Å². The summed E-state index contributed by atoms with van der Waals surface area (Å²) in [6, 6.07) is 3.40. The van der Waals surface area contributed by atoms with Gasteiger partial charge in [0.15, 0.2) is 0 Å². The lowest BCUT2D eigenvalue weighted by molar-refractivity contribution is -0.139. The van der Waals surface area contributed by atoms with Crippen molar-refractivity contribution in [2.24, 2.45) is 5.92 Å². The van der Waals surface area contributed by atoms with Gasteiger partial charge >= 0.3 is 5.97 Å². The Labute approximate surface area is 104 Å². The number of halogens is 2. The monoisotopic (exact) mass is 255 g/mol. The van der Waals surface area contributed by atoms with Crippen LogP contribution in [0.4, 0.5) is 8.78 Å². The molecule has 1 aliphatic rings. The van der Waals surface area contributed by atoms with Gasteiger partial charge in [0.1, 0.15) is 11.6 Å². The zero-order chi connectivity index (χ0) is 13.3. The minimum absolute atomic E-state index is 0.133. The summed E-state index contributed by atoms with van der Waals surface area (Å²) in [4.78, 5) is 12.5. The second-order valence-corrected chi connectivity index (χ2v) is 4.76. The van der Waals surface area contributed by atoms with Crippen LogP contribution in [-0.4, -0.2) is 29.1 Å². The molecule has 1 atom stereocenters. The van der Waals surface area contributed by atoms with Gasteiger partial charge in [-0.2, -0.15) is 0 Å². The van der Waals surface area contributed by atoms with Crippen molar-refractivity contribution < 1.29 is 18.7 Å². The molecule has 18 heavy (non-hydrogen) atoms. The molecule has 5 heteroatoms. The fourth-order valence-corrected chi connectivity index (χ4v) is 2.34. The van der Waals surface area contributed by atoms with Crippen molar-refractivity contribution in [3.63, 3.8) is 0 Å². The molecule has 1 heterocycles. The highest BCUT2D eigenvalue weighted by atomic mass is 19.1. The number of likely N-dealkylation sites (tertiary alicyclic amines) is 1. The maximum atomic E-state index is 13.6. The van der Waals surface area contributed by atoms with Crippen LogP contribution in [0.3, 0.4) is 0 Å². The Kier molecular flexibility index (Phi) is 3.61. The molecule has 1 N–H and O–H groups in total. The molecule has 1 aromatic carbocycles. The normalized spacial score (nSPS) is 18.4. The van der Waals surface area contributed by atoms with Crippen LogP contribution in [0.1, 0.15) is 24.9 Å². The van der Waals surface area contributed by atoms with Crippen LogP contribution in [0.15, 0.2) is 18.2 Å². The highest BCUT2D eigenvalue weighted by molar-refractivity contribution is 5.67. The Bertz CT molecular complexity index is 458. The Balaban J connectivity index is 1.97. The minimum Gasteiger partial charge on any atom is -0.481 e. The smallest absolute Gasteiger partial charge is 0.303 e. The lowest BCUT2D eigenvalue weighted by Gasteiger charge is -2.42. The fourth-order valence-electron chi connectivity index (χ4n) is 2.34. The van der Waals surface area contributed by atoms with Crippen molar-refractivity contribution in [3.8, 4) is 0 Å². The third-order valence-electron chi connectivity index (χ3n) is 3.41. The predicted octanol–water partition coefficient (Wildman–Crippen LogP) is 2.43. The van der Waals surface area contributed by atoms with E-state index in [2.05, 4.69) is 0 Å². The molecule has 2 rings (SSSR count). The maximum absolute atomic E-state index is 13.6. The van der Waals surface area contributed by atoms with Crippen LogP contribution in [0.25, 0.3) is 0 Å². The van der Waals surface area contributed by atoms with E-state index in [0.717, 1.165) is 6.07 Å². The SMILES string of the molecule is CC(c1ccc(F)cc1F)N1CC(CC(=O)O)C1. The van der Waals surface area contributed by atoms with Gasteiger partial charge in [-0.3, -0.25) is 9.69 Å². The molecule has 1 saturated heterocycles. The number of carbonyl (C=O) groups is 1. The Hall–Kier alpha value is -1.49. The van der Waals surface area contributed by atoms with E-state index in [9.17, 15) is 13.6 Å². The molecule has 0 amide bonds. The summed E-state index contributed by atoms with van der Waals surface area (Å²) in [5.74, 6) is -1.81. The minimum atomic E-state index is -0.805. The van der Waals surface area contributed by atoms with Crippen LogP contribution < -0.4 is 0 Å². The van der Waals surface area contributed by atoms with Crippen LogP contribution in [-0.2, 0) is 4.79 Å². The maximum Gasteiger partial charge on any atom is 0.303 e. The van der Waals surface area contributed by atoms with Gasteiger partial charge in [0.25, 0.3) is 0 Å². The molecule has 0 saturated carbocycles. The molecular weight excluding hydrogens is 240 g/mol. The zero-order valence-corrected chi connectivity index (χ0v) is 10.1. The summed E-state index contributed by atoms with van der Waals surface area (Å²) in [6.45, 7) is 3.13. The summed E-state index contributed by atoms with van der Waals surface area (Å²) in [5.41, 5.74) is 0.449. The van der Waals surface area contributed by atoms with E-state index in [-0.39, 0.29) is 18.4 Å². The first-order valence-electron chi connectivity index (χ1n) is 5.88. The van der Waals surface area contributed by atoms with Gasteiger partial charge in [0.05, 0.1) is 6.42 Å². The van der Waals surface area contributed by atoms with E-state index >= 15 is 0 Å². The number of rotatable bonds is 4. The van der Waals surface area contributed by atoms with Crippen molar-refractivity contribution in [1.82, 2.24) is 4.90 Å². The number of carboxylic acids is 1. The van der Waals surface area contributed by atoms with Gasteiger partial charge in [0.2, 0.25) is 0 Å². The third-order valence-corrected chi connectivity index (χ3v) is 3.41. The first kappa shape index (κ1) is 13.0. The second kappa shape index (κ2) is 5.02. The van der Waals surface area contributed by atoms with Gasteiger partial charge in [0, 0.05) is 30.8 Å². The third kappa shape index (κ3) is 2.67. The molecule has 0 spiro atoms. The first-order chi connectivity index (χ1) is 8.47. The first-order valence-corrected chi connectivity index (χ1v) is 5.88. The highest BCUT2D eigenvalue weighted by Crippen LogP contribution is 2.31. The standard InChI is InChI=1S/C13H15F2NO2/c1-8(11-3-2-10(14)5-12(11)15)16-6-9(7-16)4-13(17)18/h2-3,5,8-9H,4,6-7H2,1H3,(H,17,18). The van der Waals surface area contributed by atoms with E-state index in [1.54, 1.807) is 0 Å². The molecule has 1 aliphatic heterocycles. The molecule has 0 aliphatic carbocycles. The Morgan fingerprint density at radius 1 is 1.50 bits per heavy atom. The number of nitrogens with zero attached hydrogens (tertiary/aromatic N) is 1. The van der Waals surface area contributed by atoms with Gasteiger partial charge in [-0.25, -0.2) is 8.78 Å². The molecule has 0 bridgehead atoms. The van der Waals surface area contributed by atoms with Crippen LogP contribution >= 0.6 is 0 Å². The predicted molar refractivity (Wildman–Crippen MR) is 62.1 cm³/mol. The van der Waals surface area contributed by atoms with Crippen LogP contribution in [0.2, 0.25) is 0 Å². The molecular formula is C13H15F2NO2. The largest absolute Gasteiger partial charge is 0.481 e. The zero-order valence-electron chi connectivity index (χ0n) is 10.1. The molecule has 98 valence electrons. The van der Waals surface area contributed by atoms with Crippen molar-refractivity contribution in [3.05, 3.63) is 35.4 Å². The number of carboxylic acid groups (broad SMARTS) is 1. The van der Waals surface area contributed by atoms with E-state index in [4.69, 9.17) is 5.11 Å². The molecule has 1 fully saturated rings. The van der Waals surface area contributed by atoms with E-state index in [1.807, 2.05) is 11.8 Å². The fraction of sp³-hybridized carbons (Fsp3) is 0.462. The van der Waals surface area contributed by atoms with Gasteiger partial charge in [-0.05, 0) is 18.9 Å². The number of hydrogen-bond donors (Lipinski definition) is 1. The average molecular weight is 255 g/mol. The summed E-state index contributed by atoms with van der Waals surface area (Å²) < 4.78 is 26.4. The summed E-state index contributed by atoms with van der Waals surface area (Å²) in [5, 5.41) is 8.65. The molecule has 3 nitrogen and oxygen atoms in total. The Morgan fingerprint density at radius 2 is 2.17 bits per heavy atom. The van der Waals surface area contributed by atoms with E-state index < -0.39 is 17.6 Å². The quantitative estimate of drug-likeness (QED) is 0.898. The van der Waals surface area contributed by atoms with Crippen LogP contribution in [0.5, 0.6) is 0 Å². The topological polar surface area (TPSA) is 40.5 Å². The molecule has 1 unspecified atom stereocenters. The van der Waals surface area contributed by atoms with Gasteiger partial charge in [-0.15, -0.1) is 0 Å². The number of benzene rings is 1. The molecule has 0 radical (unpaired) electrons. The lowest BCUT2D eigenvalue weighted by atomic mass is 9.92. The highest BCUT2D eigenvalue weighted by Gasteiger charge is 2.33. The van der Waals surface area contributed by atoms with Crippen molar-refractivity contribution in [2.45, 2.75) is 19.4 Å². The van der Waals surface area contributed by atoms with Gasteiger partial charge < -0.3 is 5.11 Å². The number of aliphatic carboxylic acids is 1. The summed E-state index contributed by atoms with van der Waals surface area (Å²) >= 11 is 0. The summed E-state index contributed by atoms with van der Waals surface area (Å²) in [6.07, 6.45) is 0.148. The van der Waals surface area contributed by atoms with Crippen molar-refractivity contribution in [1.29, 1.82) is 0 Å². The van der Waals surface area contributed by atoms with E-state index in [1.165, 1.54) is 12.1 Å². The van der Waals surface area contributed by atoms with Gasteiger partial charge in [-0.1, -0.05) is 6.07 Å². The Morgan fingerprint density at radius 3 is 2.72 bits per heavy atom. The van der Waals surface area contributed by atoms with Crippen molar-refractivity contribution in [2.75, 3.05) is 13.1 Å². The summed E-state index contributed by atoms with van der Waals surface area (Å²) in [7, 11) is 0. The molecule has 1 aromatic rings. The lowest BCUT2D eigenvalue weighted by Crippen LogP contribution is -2.48. The second-order valence-electron chi connectivity index (χ2n) is 4.76. The number of hydrogen-bond acceptors (Lipinski definition) is 2. The van der Waals surface area contributed by atoms with Crippen molar-refractivity contribution >= 4 is 5.97 Å². The molecule has 0 aromatic heterocycles. The average Bonchev–Trinajstić information content (AvgIpc) is 2.21.